The van der Waals surface area contributed by atoms with Gasteiger partial charge in [0, 0.05) is 11.4 Å². The lowest BCUT2D eigenvalue weighted by Crippen LogP contribution is -2.32. The van der Waals surface area contributed by atoms with E-state index in [4.69, 9.17) is 0 Å². The van der Waals surface area contributed by atoms with E-state index in [1.165, 1.54) is 21.4 Å². The number of hydrogen-bond donors (Lipinski definition) is 0. The Labute approximate surface area is 122 Å². The first kappa shape index (κ1) is 11.4. The lowest BCUT2D eigenvalue weighted by Gasteiger charge is -2.32. The first-order valence-electron chi connectivity index (χ1n) is 6.76. The summed E-state index contributed by atoms with van der Waals surface area (Å²) in [6.45, 7) is 0. The lowest BCUT2D eigenvalue weighted by atomic mass is 9.91. The van der Waals surface area contributed by atoms with Gasteiger partial charge in [0.25, 0.3) is 0 Å². The van der Waals surface area contributed by atoms with Gasteiger partial charge in [-0.1, -0.05) is 46.0 Å². The second-order valence-electron chi connectivity index (χ2n) is 5.27. The number of allylic oxidation sites excluding steroid dienone is 7. The van der Waals surface area contributed by atoms with Crippen LogP contribution >= 0.6 is 15.9 Å². The molecule has 4 aliphatic rings. The van der Waals surface area contributed by atoms with E-state index >= 15 is 0 Å². The molecule has 0 bridgehead atoms. The second kappa shape index (κ2) is 4.28. The van der Waals surface area contributed by atoms with Crippen molar-refractivity contribution in [2.45, 2.75) is 25.3 Å². The Kier molecular flexibility index (Phi) is 2.56. The van der Waals surface area contributed by atoms with Crippen LogP contribution in [0.15, 0.2) is 57.9 Å². The third kappa shape index (κ3) is 1.69. The van der Waals surface area contributed by atoms with E-state index < -0.39 is 0 Å². The van der Waals surface area contributed by atoms with E-state index in [9.17, 15) is 0 Å². The predicted octanol–water partition coefficient (Wildman–Crippen LogP) is 4.03. The van der Waals surface area contributed by atoms with Crippen LogP contribution in [-0.2, 0) is 0 Å². The topological polar surface area (TPSA) is 3.24 Å². The van der Waals surface area contributed by atoms with E-state index in [0.29, 0.717) is 12.0 Å². The van der Waals surface area contributed by atoms with Gasteiger partial charge in [-0.15, -0.1) is 0 Å². The molecule has 0 spiro atoms. The standard InChI is InChI=1S/C17H14BrN/c18-12-8-10-13(11-9-12)19-16-6-2-1-4-14(16)15-5-3-7-17(15)19/h2-3,6-8,10,14,16H,5,9,11H2/t14-,16?/m1/s1. The highest BCUT2D eigenvalue weighted by Crippen LogP contribution is 2.45. The predicted molar refractivity (Wildman–Crippen MR) is 81.1 cm³/mol. The first-order valence-corrected chi connectivity index (χ1v) is 7.56. The van der Waals surface area contributed by atoms with E-state index in [2.05, 4.69) is 63.1 Å². The van der Waals surface area contributed by atoms with Gasteiger partial charge >= 0.3 is 0 Å². The van der Waals surface area contributed by atoms with Gasteiger partial charge in [0.1, 0.15) is 0 Å². The molecule has 1 unspecified atom stereocenters. The SMILES string of the molecule is BrC1=CC=C(N2C3=C(CC=C3)[C@H]3C#CC=CC32)CC1. The van der Waals surface area contributed by atoms with Crippen molar-refractivity contribution in [3.8, 4) is 11.8 Å². The smallest absolute Gasteiger partial charge is 0.0704 e. The van der Waals surface area contributed by atoms with Gasteiger partial charge in [-0.3, -0.25) is 0 Å². The van der Waals surface area contributed by atoms with Crippen LogP contribution in [0.3, 0.4) is 0 Å². The molecule has 2 atom stereocenters. The fourth-order valence-electron chi connectivity index (χ4n) is 3.35. The first-order chi connectivity index (χ1) is 9.34. The van der Waals surface area contributed by atoms with Crippen molar-refractivity contribution in [1.29, 1.82) is 0 Å². The molecule has 0 aromatic carbocycles. The molecule has 2 heteroatoms. The fourth-order valence-corrected chi connectivity index (χ4v) is 3.68. The Balaban J connectivity index is 1.78. The summed E-state index contributed by atoms with van der Waals surface area (Å²) in [7, 11) is 0. The van der Waals surface area contributed by atoms with Gasteiger partial charge in [0.2, 0.25) is 0 Å². The number of hydrogen-bond acceptors (Lipinski definition) is 1. The third-order valence-electron chi connectivity index (χ3n) is 4.22. The van der Waals surface area contributed by atoms with Crippen LogP contribution in [0.2, 0.25) is 0 Å². The number of fused-ring (bicyclic) bond motifs is 2. The molecule has 1 nitrogen and oxygen atoms in total. The van der Waals surface area contributed by atoms with Crippen molar-refractivity contribution < 1.29 is 0 Å². The third-order valence-corrected chi connectivity index (χ3v) is 4.88. The molecule has 0 aromatic heterocycles. The molecule has 3 aliphatic carbocycles. The molecular weight excluding hydrogens is 298 g/mol. The molecule has 0 saturated heterocycles. The Hall–Kier alpha value is -1.46. The summed E-state index contributed by atoms with van der Waals surface area (Å²) >= 11 is 3.59. The summed E-state index contributed by atoms with van der Waals surface area (Å²) < 4.78 is 1.29. The van der Waals surface area contributed by atoms with Gasteiger partial charge in [-0.2, -0.15) is 0 Å². The van der Waals surface area contributed by atoms with Crippen LogP contribution in [-0.4, -0.2) is 10.9 Å². The summed E-state index contributed by atoms with van der Waals surface area (Å²) in [6.07, 6.45) is 16.5. The van der Waals surface area contributed by atoms with E-state index in [1.807, 2.05) is 6.08 Å². The Bertz CT molecular complexity index is 648. The van der Waals surface area contributed by atoms with E-state index in [0.717, 1.165) is 19.3 Å². The van der Waals surface area contributed by atoms with E-state index in [-0.39, 0.29) is 0 Å². The molecule has 1 aliphatic heterocycles. The summed E-state index contributed by atoms with van der Waals surface area (Å²) in [5.41, 5.74) is 4.33. The largest absolute Gasteiger partial charge is 0.337 e. The van der Waals surface area contributed by atoms with Crippen LogP contribution < -0.4 is 0 Å². The normalized spacial score (nSPS) is 30.7. The number of halogens is 1. The maximum Gasteiger partial charge on any atom is 0.0704 e. The Morgan fingerprint density at radius 1 is 1.26 bits per heavy atom. The molecule has 94 valence electrons. The minimum Gasteiger partial charge on any atom is -0.337 e. The fraction of sp³-hybridized carbons (Fsp3) is 0.294. The average molecular weight is 312 g/mol. The molecule has 0 N–H and O–H groups in total. The highest BCUT2D eigenvalue weighted by Gasteiger charge is 2.40. The van der Waals surface area contributed by atoms with Gasteiger partial charge < -0.3 is 4.90 Å². The van der Waals surface area contributed by atoms with Crippen LogP contribution in [0.4, 0.5) is 0 Å². The van der Waals surface area contributed by atoms with Crippen molar-refractivity contribution >= 4 is 15.9 Å². The average Bonchev–Trinajstić information content (AvgIpc) is 3.00. The minimum atomic E-state index is 0.394. The highest BCUT2D eigenvalue weighted by molar-refractivity contribution is 9.11. The maximum absolute atomic E-state index is 3.59. The van der Waals surface area contributed by atoms with Gasteiger partial charge in [0.15, 0.2) is 0 Å². The van der Waals surface area contributed by atoms with Crippen molar-refractivity contribution in [1.82, 2.24) is 4.90 Å². The molecule has 4 rings (SSSR count). The minimum absolute atomic E-state index is 0.394. The zero-order chi connectivity index (χ0) is 12.8. The quantitative estimate of drug-likeness (QED) is 0.661. The summed E-state index contributed by atoms with van der Waals surface area (Å²) in [4.78, 5) is 2.50. The van der Waals surface area contributed by atoms with Gasteiger partial charge in [-0.05, 0) is 47.5 Å². The van der Waals surface area contributed by atoms with Crippen molar-refractivity contribution in [2.75, 3.05) is 0 Å². The zero-order valence-electron chi connectivity index (χ0n) is 10.6. The molecule has 0 fully saturated rings. The van der Waals surface area contributed by atoms with Crippen LogP contribution in [0, 0.1) is 17.8 Å². The summed E-state index contributed by atoms with van der Waals surface area (Å²) in [5, 5.41) is 0. The molecule has 0 amide bonds. The number of rotatable bonds is 1. The maximum atomic E-state index is 3.59. The van der Waals surface area contributed by atoms with Crippen molar-refractivity contribution in [3.05, 3.63) is 57.9 Å². The van der Waals surface area contributed by atoms with Crippen molar-refractivity contribution in [3.63, 3.8) is 0 Å². The monoisotopic (exact) mass is 311 g/mol. The van der Waals surface area contributed by atoms with Gasteiger partial charge in [-0.25, -0.2) is 0 Å². The molecule has 0 aromatic rings. The van der Waals surface area contributed by atoms with Gasteiger partial charge in [0.05, 0.1) is 12.0 Å². The van der Waals surface area contributed by atoms with Crippen molar-refractivity contribution in [2.24, 2.45) is 5.92 Å². The molecule has 1 heterocycles. The highest BCUT2D eigenvalue weighted by atomic mass is 79.9. The Morgan fingerprint density at radius 3 is 3.05 bits per heavy atom. The Morgan fingerprint density at radius 2 is 2.21 bits per heavy atom. The molecule has 0 saturated carbocycles. The van der Waals surface area contributed by atoms with E-state index in [1.54, 1.807) is 0 Å². The summed E-state index contributed by atoms with van der Waals surface area (Å²) in [5.74, 6) is 6.94. The summed E-state index contributed by atoms with van der Waals surface area (Å²) in [6, 6.07) is 0.410. The second-order valence-corrected chi connectivity index (χ2v) is 6.29. The number of nitrogens with zero attached hydrogens (tertiary/aromatic N) is 1. The van der Waals surface area contributed by atoms with Crippen LogP contribution in [0.25, 0.3) is 0 Å². The molecule has 19 heavy (non-hydrogen) atoms. The molecule has 0 radical (unpaired) electrons. The zero-order valence-corrected chi connectivity index (χ0v) is 12.2. The van der Waals surface area contributed by atoms with Crippen LogP contribution in [0.5, 0.6) is 0 Å². The molecular formula is C17H14BrN. The van der Waals surface area contributed by atoms with Crippen LogP contribution in [0.1, 0.15) is 19.3 Å². The lowest BCUT2D eigenvalue weighted by molar-refractivity contribution is 0.362.